The second-order valence-electron chi connectivity index (χ2n) is 4.75. The molecule has 4 nitrogen and oxygen atoms in total. The summed E-state index contributed by atoms with van der Waals surface area (Å²) in [4.78, 5) is 8.89. The topological polar surface area (TPSA) is 42.7 Å². The average Bonchev–Trinajstić information content (AvgIpc) is 2.83. The lowest BCUT2D eigenvalue weighted by Crippen LogP contribution is -2.09. The molecule has 1 aliphatic carbocycles. The summed E-state index contributed by atoms with van der Waals surface area (Å²) >= 11 is 0. The molecule has 0 amide bonds. The average molecular weight is 242 g/mol. The Hall–Kier alpha value is -1.68. The number of nitrogens with zero attached hydrogens (tertiary/aromatic N) is 3. The van der Waals surface area contributed by atoms with E-state index in [9.17, 15) is 0 Å². The summed E-state index contributed by atoms with van der Waals surface area (Å²) in [5, 5.41) is 3.13. The first kappa shape index (κ1) is 11.4. The molecule has 0 bridgehead atoms. The van der Waals surface area contributed by atoms with Gasteiger partial charge in [0.15, 0.2) is 0 Å². The van der Waals surface area contributed by atoms with Crippen molar-refractivity contribution in [1.29, 1.82) is 0 Å². The molecule has 0 aliphatic heterocycles. The SMILES string of the molecule is CNCc1cc(-n2cnc3c2CCCC3)ccn1. The van der Waals surface area contributed by atoms with Gasteiger partial charge in [-0.15, -0.1) is 0 Å². The van der Waals surface area contributed by atoms with Gasteiger partial charge in [-0.1, -0.05) is 0 Å². The van der Waals surface area contributed by atoms with Gasteiger partial charge in [0, 0.05) is 18.4 Å². The predicted molar refractivity (Wildman–Crippen MR) is 70.8 cm³/mol. The summed E-state index contributed by atoms with van der Waals surface area (Å²) in [7, 11) is 1.94. The molecule has 2 aromatic heterocycles. The molecule has 0 spiro atoms. The zero-order valence-electron chi connectivity index (χ0n) is 10.7. The molecule has 0 aromatic carbocycles. The zero-order chi connectivity index (χ0) is 12.4. The summed E-state index contributed by atoms with van der Waals surface area (Å²) in [6, 6.07) is 4.18. The van der Waals surface area contributed by atoms with Gasteiger partial charge in [-0.2, -0.15) is 0 Å². The molecule has 18 heavy (non-hydrogen) atoms. The van der Waals surface area contributed by atoms with Crippen molar-refractivity contribution in [2.75, 3.05) is 7.05 Å². The van der Waals surface area contributed by atoms with Crippen molar-refractivity contribution in [2.45, 2.75) is 32.2 Å². The maximum Gasteiger partial charge on any atom is 0.0997 e. The number of imidazole rings is 1. The Morgan fingerprint density at radius 2 is 2.17 bits per heavy atom. The van der Waals surface area contributed by atoms with E-state index in [0.29, 0.717) is 0 Å². The van der Waals surface area contributed by atoms with Crippen molar-refractivity contribution in [3.05, 3.63) is 41.7 Å². The summed E-state index contributed by atoms with van der Waals surface area (Å²) in [6.45, 7) is 0.796. The maximum atomic E-state index is 4.54. The first-order chi connectivity index (χ1) is 8.88. The van der Waals surface area contributed by atoms with Crippen LogP contribution in [0.3, 0.4) is 0 Å². The highest BCUT2D eigenvalue weighted by atomic mass is 15.1. The summed E-state index contributed by atoms with van der Waals surface area (Å²) in [6.07, 6.45) is 8.63. The summed E-state index contributed by atoms with van der Waals surface area (Å²) in [5.41, 5.74) is 4.88. The van der Waals surface area contributed by atoms with Crippen molar-refractivity contribution in [3.8, 4) is 5.69 Å². The van der Waals surface area contributed by atoms with E-state index in [1.165, 1.54) is 29.9 Å². The van der Waals surface area contributed by atoms with E-state index in [-0.39, 0.29) is 0 Å². The van der Waals surface area contributed by atoms with Crippen molar-refractivity contribution >= 4 is 0 Å². The minimum absolute atomic E-state index is 0.796. The first-order valence-corrected chi connectivity index (χ1v) is 6.53. The van der Waals surface area contributed by atoms with Gasteiger partial charge >= 0.3 is 0 Å². The second-order valence-corrected chi connectivity index (χ2v) is 4.75. The molecule has 0 fully saturated rings. The molecule has 1 N–H and O–H groups in total. The number of rotatable bonds is 3. The van der Waals surface area contributed by atoms with Gasteiger partial charge in [-0.3, -0.25) is 4.98 Å². The summed E-state index contributed by atoms with van der Waals surface area (Å²) in [5.74, 6) is 0. The number of hydrogen-bond donors (Lipinski definition) is 1. The fraction of sp³-hybridized carbons (Fsp3) is 0.429. The molecule has 0 radical (unpaired) electrons. The van der Waals surface area contributed by atoms with Gasteiger partial charge in [0.1, 0.15) is 0 Å². The highest BCUT2D eigenvalue weighted by molar-refractivity contribution is 5.36. The molecule has 0 atom stereocenters. The van der Waals surface area contributed by atoms with Crippen LogP contribution in [0, 0.1) is 0 Å². The van der Waals surface area contributed by atoms with Crippen LogP contribution < -0.4 is 5.32 Å². The third kappa shape index (κ3) is 2.04. The van der Waals surface area contributed by atoms with E-state index in [4.69, 9.17) is 0 Å². The Morgan fingerprint density at radius 3 is 3.06 bits per heavy atom. The molecule has 0 unspecified atom stereocenters. The van der Waals surface area contributed by atoms with Gasteiger partial charge in [0.25, 0.3) is 0 Å². The molecule has 2 aromatic rings. The fourth-order valence-electron chi connectivity index (χ4n) is 2.58. The highest BCUT2D eigenvalue weighted by Gasteiger charge is 2.16. The second kappa shape index (κ2) is 4.90. The normalized spacial score (nSPS) is 14.5. The lowest BCUT2D eigenvalue weighted by Gasteiger charge is -2.14. The quantitative estimate of drug-likeness (QED) is 0.893. The molecular weight excluding hydrogens is 224 g/mol. The van der Waals surface area contributed by atoms with E-state index in [0.717, 1.165) is 25.1 Å². The number of aryl methyl sites for hydroxylation is 1. The van der Waals surface area contributed by atoms with E-state index in [1.54, 1.807) is 0 Å². The highest BCUT2D eigenvalue weighted by Crippen LogP contribution is 2.23. The zero-order valence-corrected chi connectivity index (χ0v) is 10.7. The molecule has 0 saturated carbocycles. The van der Waals surface area contributed by atoms with Crippen molar-refractivity contribution in [1.82, 2.24) is 19.9 Å². The van der Waals surface area contributed by atoms with Crippen LogP contribution in [0.15, 0.2) is 24.7 Å². The van der Waals surface area contributed by atoms with Crippen LogP contribution in [0.5, 0.6) is 0 Å². The number of fused-ring (bicyclic) bond motifs is 1. The first-order valence-electron chi connectivity index (χ1n) is 6.53. The minimum atomic E-state index is 0.796. The van der Waals surface area contributed by atoms with E-state index >= 15 is 0 Å². The molecule has 0 saturated heterocycles. The molecule has 94 valence electrons. The predicted octanol–water partition coefficient (Wildman–Crippen LogP) is 1.87. The Bertz CT molecular complexity index is 544. The maximum absolute atomic E-state index is 4.54. The monoisotopic (exact) mass is 242 g/mol. The smallest absolute Gasteiger partial charge is 0.0997 e. The fourth-order valence-corrected chi connectivity index (χ4v) is 2.58. The van der Waals surface area contributed by atoms with Crippen molar-refractivity contribution in [3.63, 3.8) is 0 Å². The molecule has 3 rings (SSSR count). The molecule has 2 heterocycles. The van der Waals surface area contributed by atoms with Crippen LogP contribution in [0.1, 0.15) is 29.9 Å². The Balaban J connectivity index is 1.99. The Morgan fingerprint density at radius 1 is 1.28 bits per heavy atom. The minimum Gasteiger partial charge on any atom is -0.314 e. The van der Waals surface area contributed by atoms with Gasteiger partial charge < -0.3 is 9.88 Å². The standard InChI is InChI=1S/C14H18N4/c1-15-9-11-8-12(6-7-16-11)18-10-17-13-4-2-3-5-14(13)18/h6-8,10,15H,2-5,9H2,1H3. The van der Waals surface area contributed by atoms with Crippen molar-refractivity contribution in [2.24, 2.45) is 0 Å². The number of aromatic nitrogens is 3. The van der Waals surface area contributed by atoms with E-state index in [1.807, 2.05) is 19.6 Å². The van der Waals surface area contributed by atoms with E-state index < -0.39 is 0 Å². The van der Waals surface area contributed by atoms with Crippen LogP contribution in [-0.4, -0.2) is 21.6 Å². The van der Waals surface area contributed by atoms with Gasteiger partial charge in [-0.05, 0) is 44.9 Å². The summed E-state index contributed by atoms with van der Waals surface area (Å²) < 4.78 is 2.22. The molecular formula is C14H18N4. The lowest BCUT2D eigenvalue weighted by atomic mass is 10.0. The third-order valence-electron chi connectivity index (χ3n) is 3.47. The Kier molecular flexibility index (Phi) is 3.11. The third-order valence-corrected chi connectivity index (χ3v) is 3.47. The van der Waals surface area contributed by atoms with Crippen molar-refractivity contribution < 1.29 is 0 Å². The van der Waals surface area contributed by atoms with Gasteiger partial charge in [0.05, 0.1) is 23.4 Å². The Labute approximate surface area is 107 Å². The molecule has 4 heteroatoms. The lowest BCUT2D eigenvalue weighted by molar-refractivity contribution is 0.655. The van der Waals surface area contributed by atoms with Crippen LogP contribution >= 0.6 is 0 Å². The van der Waals surface area contributed by atoms with Gasteiger partial charge in [-0.25, -0.2) is 4.98 Å². The number of pyridine rings is 1. The van der Waals surface area contributed by atoms with Crippen LogP contribution in [0.2, 0.25) is 0 Å². The van der Waals surface area contributed by atoms with Crippen LogP contribution in [-0.2, 0) is 19.4 Å². The largest absolute Gasteiger partial charge is 0.314 e. The van der Waals surface area contributed by atoms with Gasteiger partial charge in [0.2, 0.25) is 0 Å². The molecule has 1 aliphatic rings. The number of hydrogen-bond acceptors (Lipinski definition) is 3. The van der Waals surface area contributed by atoms with E-state index in [2.05, 4.69) is 32.0 Å². The van der Waals surface area contributed by atoms with Crippen LogP contribution in [0.25, 0.3) is 5.69 Å². The van der Waals surface area contributed by atoms with Crippen LogP contribution in [0.4, 0.5) is 0 Å². The number of nitrogens with one attached hydrogen (secondary N) is 1.